The number of aliphatic carboxylic acids is 1. The van der Waals surface area contributed by atoms with Crippen molar-refractivity contribution in [2.45, 2.75) is 102 Å². The normalized spacial score (nSPS) is 27.4. The molecule has 5 rings (SSSR count). The van der Waals surface area contributed by atoms with Gasteiger partial charge < -0.3 is 19.8 Å². The topological polar surface area (TPSA) is 126 Å². The van der Waals surface area contributed by atoms with E-state index < -0.39 is 24.0 Å². The number of rotatable bonds is 9. The second kappa shape index (κ2) is 12.5. The number of para-hydroxylation sites is 2. The van der Waals surface area contributed by atoms with Crippen LogP contribution < -0.4 is 10.9 Å². The fourth-order valence-electron chi connectivity index (χ4n) is 7.53. The monoisotopic (exact) mass is 551 g/mol. The molecular weight excluding hydrogens is 510 g/mol. The van der Waals surface area contributed by atoms with Crippen LogP contribution in [0.1, 0.15) is 89.3 Å². The average molecular weight is 552 g/mol. The molecule has 1 aromatic heterocycles. The minimum absolute atomic E-state index is 0.0356. The zero-order valence-corrected chi connectivity index (χ0v) is 23.6. The van der Waals surface area contributed by atoms with E-state index in [0.29, 0.717) is 23.6 Å². The summed E-state index contributed by atoms with van der Waals surface area (Å²) < 4.78 is 1.82. The summed E-state index contributed by atoms with van der Waals surface area (Å²) in [6, 6.07) is 8.91. The van der Waals surface area contributed by atoms with Crippen LogP contribution in [-0.4, -0.2) is 68.9 Å². The molecule has 0 spiro atoms. The smallest absolute Gasteiger partial charge is 0.344 e. The molecule has 40 heavy (non-hydrogen) atoms. The molecule has 2 saturated heterocycles. The SMILES string of the molecule is CCC[C@H]1CCC[C@H](N2C3CCC[C@H]2C[C@@H](n2c(=O)c(/C(=N/OCC(=O)O)C(=O)NC)nc4ccccc42)C3)C1. The Morgan fingerprint density at radius 1 is 1.05 bits per heavy atom. The summed E-state index contributed by atoms with van der Waals surface area (Å²) in [5.74, 6) is -1.08. The minimum atomic E-state index is -1.24. The number of hydrogen-bond donors (Lipinski definition) is 2. The van der Waals surface area contributed by atoms with E-state index >= 15 is 0 Å². The van der Waals surface area contributed by atoms with Crippen LogP contribution in [0.2, 0.25) is 0 Å². The van der Waals surface area contributed by atoms with Crippen LogP contribution in [0.4, 0.5) is 0 Å². The molecule has 1 unspecified atom stereocenters. The number of nitrogens with one attached hydrogen (secondary N) is 1. The molecule has 0 radical (unpaired) electrons. The molecule has 2 aromatic rings. The van der Waals surface area contributed by atoms with Crippen LogP contribution >= 0.6 is 0 Å². The lowest BCUT2D eigenvalue weighted by Gasteiger charge is -2.54. The van der Waals surface area contributed by atoms with Gasteiger partial charge in [-0.25, -0.2) is 9.78 Å². The average Bonchev–Trinajstić information content (AvgIpc) is 2.94. The van der Waals surface area contributed by atoms with Gasteiger partial charge in [-0.2, -0.15) is 0 Å². The number of likely N-dealkylation sites (N-methyl/N-ethyl adjacent to an activating group) is 1. The Labute approximate surface area is 234 Å². The molecule has 3 aliphatic rings. The van der Waals surface area contributed by atoms with E-state index in [0.717, 1.165) is 37.1 Å². The second-order valence-electron chi connectivity index (χ2n) is 11.6. The van der Waals surface area contributed by atoms with Crippen molar-refractivity contribution in [2.75, 3.05) is 13.7 Å². The van der Waals surface area contributed by atoms with Crippen molar-refractivity contribution in [1.82, 2.24) is 19.8 Å². The van der Waals surface area contributed by atoms with Gasteiger partial charge in [-0.3, -0.25) is 14.5 Å². The summed E-state index contributed by atoms with van der Waals surface area (Å²) in [4.78, 5) is 50.1. The number of nitrogens with zero attached hydrogens (tertiary/aromatic N) is 4. The molecule has 216 valence electrons. The Hall–Kier alpha value is -3.27. The number of aromatic nitrogens is 2. The second-order valence-corrected chi connectivity index (χ2v) is 11.6. The number of amides is 1. The van der Waals surface area contributed by atoms with E-state index in [2.05, 4.69) is 27.3 Å². The zero-order valence-electron chi connectivity index (χ0n) is 23.6. The van der Waals surface area contributed by atoms with Crippen molar-refractivity contribution in [3.63, 3.8) is 0 Å². The Balaban J connectivity index is 1.51. The summed E-state index contributed by atoms with van der Waals surface area (Å²) in [7, 11) is 1.42. The number of carboxylic acid groups (broad SMARTS) is 1. The molecule has 5 atom stereocenters. The molecule has 1 saturated carbocycles. The molecule has 3 fully saturated rings. The van der Waals surface area contributed by atoms with Crippen LogP contribution in [0, 0.1) is 5.92 Å². The molecule has 2 aliphatic heterocycles. The predicted molar refractivity (Wildman–Crippen MR) is 152 cm³/mol. The number of oxime groups is 1. The van der Waals surface area contributed by atoms with E-state index in [4.69, 9.17) is 9.94 Å². The summed E-state index contributed by atoms with van der Waals surface area (Å²) in [6.45, 7) is 1.55. The molecule has 3 heterocycles. The molecule has 1 aliphatic carbocycles. The fourth-order valence-corrected chi connectivity index (χ4v) is 7.53. The largest absolute Gasteiger partial charge is 0.479 e. The van der Waals surface area contributed by atoms with E-state index in [1.807, 2.05) is 28.8 Å². The molecule has 10 nitrogen and oxygen atoms in total. The third kappa shape index (κ3) is 5.77. The highest BCUT2D eigenvalue weighted by atomic mass is 16.6. The lowest BCUT2D eigenvalue weighted by molar-refractivity contribution is -0.142. The van der Waals surface area contributed by atoms with Crippen LogP contribution in [-0.2, 0) is 14.4 Å². The summed E-state index contributed by atoms with van der Waals surface area (Å²) in [5.41, 5.74) is 0.448. The highest BCUT2D eigenvalue weighted by Gasteiger charge is 2.43. The van der Waals surface area contributed by atoms with Gasteiger partial charge in [0.25, 0.3) is 11.5 Å². The first-order chi connectivity index (χ1) is 19.4. The van der Waals surface area contributed by atoms with Gasteiger partial charge in [0.15, 0.2) is 11.4 Å². The molecule has 10 heteroatoms. The molecule has 2 N–H and O–H groups in total. The summed E-state index contributed by atoms with van der Waals surface area (Å²) in [6.07, 6.45) is 13.0. The fraction of sp³-hybridized carbons (Fsp3) is 0.633. The van der Waals surface area contributed by atoms with Gasteiger partial charge in [0.05, 0.1) is 11.0 Å². The van der Waals surface area contributed by atoms with Crippen LogP contribution in [0.3, 0.4) is 0 Å². The van der Waals surface area contributed by atoms with Gasteiger partial charge in [-0.15, -0.1) is 0 Å². The van der Waals surface area contributed by atoms with E-state index in [-0.39, 0.29) is 17.4 Å². The Kier molecular flexibility index (Phi) is 8.83. The Morgan fingerprint density at radius 2 is 1.73 bits per heavy atom. The van der Waals surface area contributed by atoms with Gasteiger partial charge in [-0.05, 0) is 56.6 Å². The standard InChI is InChI=1S/C30H41N5O5/c1-3-8-19-9-6-10-20(15-19)34-21-11-7-12-22(34)17-23(16-21)35-25-14-5-4-13-24(25)32-28(30(35)39)27(29(38)31-2)33-40-18-26(36)37/h4-5,13-14,19-23H,3,6-12,15-18H2,1-2H3,(H,31,38)(H,36,37)/b33-27-/t19-,20-,21-,22?,23+/m0/s1. The summed E-state index contributed by atoms with van der Waals surface area (Å²) in [5, 5.41) is 15.2. The number of carboxylic acids is 1. The molecule has 1 amide bonds. The number of piperidine rings is 2. The Morgan fingerprint density at radius 3 is 2.40 bits per heavy atom. The highest BCUT2D eigenvalue weighted by molar-refractivity contribution is 6.44. The lowest BCUT2D eigenvalue weighted by atomic mass is 9.76. The quantitative estimate of drug-likeness (QED) is 0.358. The maximum atomic E-state index is 14.1. The molecule has 1 aromatic carbocycles. The number of carbonyl (C=O) groups is 2. The van der Waals surface area contributed by atoms with Crippen molar-refractivity contribution in [1.29, 1.82) is 0 Å². The first kappa shape index (κ1) is 28.3. The van der Waals surface area contributed by atoms with Crippen molar-refractivity contribution >= 4 is 28.6 Å². The zero-order chi connectivity index (χ0) is 28.2. The third-order valence-corrected chi connectivity index (χ3v) is 9.05. The highest BCUT2D eigenvalue weighted by Crippen LogP contribution is 2.44. The van der Waals surface area contributed by atoms with Gasteiger partial charge in [0.2, 0.25) is 6.61 Å². The first-order valence-electron chi connectivity index (χ1n) is 14.8. The van der Waals surface area contributed by atoms with E-state index in [9.17, 15) is 14.4 Å². The number of fused-ring (bicyclic) bond motifs is 3. The number of hydrogen-bond acceptors (Lipinski definition) is 7. The van der Waals surface area contributed by atoms with Crippen molar-refractivity contribution in [3.8, 4) is 0 Å². The van der Waals surface area contributed by atoms with Gasteiger partial charge in [0, 0.05) is 31.2 Å². The number of carbonyl (C=O) groups excluding carboxylic acids is 1. The van der Waals surface area contributed by atoms with Crippen molar-refractivity contribution < 1.29 is 19.5 Å². The van der Waals surface area contributed by atoms with Crippen molar-refractivity contribution in [3.05, 3.63) is 40.3 Å². The maximum Gasteiger partial charge on any atom is 0.344 e. The van der Waals surface area contributed by atoms with Crippen LogP contribution in [0.25, 0.3) is 11.0 Å². The van der Waals surface area contributed by atoms with E-state index in [1.54, 1.807) is 0 Å². The number of benzene rings is 1. The van der Waals surface area contributed by atoms with E-state index in [1.165, 1.54) is 52.0 Å². The molecule has 2 bridgehead atoms. The predicted octanol–water partition coefficient (Wildman–Crippen LogP) is 3.86. The third-order valence-electron chi connectivity index (χ3n) is 9.05. The van der Waals surface area contributed by atoms with Crippen LogP contribution in [0.15, 0.2) is 34.2 Å². The first-order valence-corrected chi connectivity index (χ1v) is 14.8. The van der Waals surface area contributed by atoms with Gasteiger partial charge >= 0.3 is 5.97 Å². The van der Waals surface area contributed by atoms with Crippen LogP contribution in [0.5, 0.6) is 0 Å². The molecular formula is C30H41N5O5. The lowest BCUT2D eigenvalue weighted by Crippen LogP contribution is -2.58. The van der Waals surface area contributed by atoms with Crippen molar-refractivity contribution in [2.24, 2.45) is 11.1 Å². The van der Waals surface area contributed by atoms with Gasteiger partial charge in [0.1, 0.15) is 0 Å². The van der Waals surface area contributed by atoms with Gasteiger partial charge in [-0.1, -0.05) is 56.3 Å². The summed E-state index contributed by atoms with van der Waals surface area (Å²) >= 11 is 0. The Bertz CT molecular complexity index is 1310. The maximum absolute atomic E-state index is 14.1. The minimum Gasteiger partial charge on any atom is -0.479 e.